The fraction of sp³-hybridized carbons (Fsp3) is 0.417. The van der Waals surface area contributed by atoms with Gasteiger partial charge >= 0.3 is 6.18 Å². The van der Waals surface area contributed by atoms with Crippen molar-refractivity contribution in [2.24, 2.45) is 0 Å². The van der Waals surface area contributed by atoms with Crippen molar-refractivity contribution in [2.45, 2.75) is 32.4 Å². The molecule has 0 saturated heterocycles. The summed E-state index contributed by atoms with van der Waals surface area (Å²) in [6.07, 6.45) is -3.35. The quantitative estimate of drug-likeness (QED) is 0.744. The van der Waals surface area contributed by atoms with Crippen molar-refractivity contribution in [1.82, 2.24) is 0 Å². The minimum atomic E-state index is -4.84. The SMILES string of the molecule is CC(C)(C)c1ccc(/C=C/C(=O)C(F)(F)F)o1. The van der Waals surface area contributed by atoms with Crippen molar-refractivity contribution in [2.75, 3.05) is 0 Å². The van der Waals surface area contributed by atoms with Gasteiger partial charge in [0.15, 0.2) is 0 Å². The Kier molecular flexibility index (Phi) is 3.50. The lowest BCUT2D eigenvalue weighted by Crippen LogP contribution is -2.19. The van der Waals surface area contributed by atoms with Gasteiger partial charge in [-0.15, -0.1) is 0 Å². The van der Waals surface area contributed by atoms with Crippen LogP contribution in [0.4, 0.5) is 13.2 Å². The molecule has 0 aliphatic carbocycles. The molecule has 0 aliphatic rings. The van der Waals surface area contributed by atoms with Gasteiger partial charge in [-0.05, 0) is 24.3 Å². The molecular weight excluding hydrogens is 233 g/mol. The summed E-state index contributed by atoms with van der Waals surface area (Å²) >= 11 is 0. The van der Waals surface area contributed by atoms with Gasteiger partial charge in [0.2, 0.25) is 0 Å². The van der Waals surface area contributed by atoms with Gasteiger partial charge in [0, 0.05) is 5.41 Å². The van der Waals surface area contributed by atoms with Crippen molar-refractivity contribution in [3.63, 3.8) is 0 Å². The van der Waals surface area contributed by atoms with Crippen molar-refractivity contribution in [3.05, 3.63) is 29.7 Å². The maximum Gasteiger partial charge on any atom is 0.454 e. The molecule has 0 bridgehead atoms. The molecule has 0 N–H and O–H groups in total. The van der Waals surface area contributed by atoms with Crippen LogP contribution in [0, 0.1) is 0 Å². The zero-order chi connectivity index (χ0) is 13.3. The Morgan fingerprint density at radius 1 is 1.24 bits per heavy atom. The first-order valence-electron chi connectivity index (χ1n) is 5.00. The fourth-order valence-electron chi connectivity index (χ4n) is 1.10. The normalized spacial score (nSPS) is 13.3. The van der Waals surface area contributed by atoms with Crippen LogP contribution in [0.1, 0.15) is 32.3 Å². The predicted octanol–water partition coefficient (Wildman–Crippen LogP) is 3.72. The largest absolute Gasteiger partial charge is 0.461 e. The second-order valence-corrected chi connectivity index (χ2v) is 4.65. The molecule has 0 unspecified atom stereocenters. The molecule has 1 aromatic rings. The van der Waals surface area contributed by atoms with Gasteiger partial charge in [0.05, 0.1) is 0 Å². The highest BCUT2D eigenvalue weighted by Gasteiger charge is 2.36. The molecule has 0 aromatic carbocycles. The van der Waals surface area contributed by atoms with E-state index in [0.29, 0.717) is 11.8 Å². The molecule has 0 amide bonds. The molecule has 94 valence electrons. The van der Waals surface area contributed by atoms with Gasteiger partial charge in [-0.3, -0.25) is 4.79 Å². The van der Waals surface area contributed by atoms with Crippen LogP contribution >= 0.6 is 0 Å². The van der Waals surface area contributed by atoms with Crippen LogP contribution in [0.15, 0.2) is 22.6 Å². The number of hydrogen-bond donors (Lipinski definition) is 0. The van der Waals surface area contributed by atoms with Crippen molar-refractivity contribution in [3.8, 4) is 0 Å². The first kappa shape index (κ1) is 13.5. The highest BCUT2D eigenvalue weighted by molar-refractivity contribution is 5.97. The van der Waals surface area contributed by atoms with E-state index in [1.165, 1.54) is 6.07 Å². The topological polar surface area (TPSA) is 30.2 Å². The van der Waals surface area contributed by atoms with E-state index in [0.717, 1.165) is 6.08 Å². The van der Waals surface area contributed by atoms with Crippen molar-refractivity contribution >= 4 is 11.9 Å². The molecular formula is C12H13F3O2. The summed E-state index contributed by atoms with van der Waals surface area (Å²) in [5, 5.41) is 0. The van der Waals surface area contributed by atoms with Gasteiger partial charge in [-0.2, -0.15) is 13.2 Å². The molecule has 1 heterocycles. The summed E-state index contributed by atoms with van der Waals surface area (Å²) in [5.41, 5.74) is -0.222. The molecule has 0 spiro atoms. The second-order valence-electron chi connectivity index (χ2n) is 4.65. The van der Waals surface area contributed by atoms with Gasteiger partial charge in [0.1, 0.15) is 11.5 Å². The van der Waals surface area contributed by atoms with Crippen molar-refractivity contribution < 1.29 is 22.4 Å². The van der Waals surface area contributed by atoms with E-state index in [2.05, 4.69) is 0 Å². The Morgan fingerprint density at radius 2 is 1.82 bits per heavy atom. The van der Waals surface area contributed by atoms with Crippen LogP contribution < -0.4 is 0 Å². The van der Waals surface area contributed by atoms with Crippen LogP contribution in [0.25, 0.3) is 6.08 Å². The van der Waals surface area contributed by atoms with Crippen LogP contribution in [-0.2, 0) is 10.2 Å². The Hall–Kier alpha value is -1.52. The number of hydrogen-bond acceptors (Lipinski definition) is 2. The molecule has 1 aromatic heterocycles. The summed E-state index contributed by atoms with van der Waals surface area (Å²) in [6.45, 7) is 5.75. The first-order valence-corrected chi connectivity index (χ1v) is 5.00. The number of ketones is 1. The van der Waals surface area contributed by atoms with E-state index in [4.69, 9.17) is 4.42 Å². The molecule has 17 heavy (non-hydrogen) atoms. The molecule has 5 heteroatoms. The van der Waals surface area contributed by atoms with Crippen LogP contribution in [0.3, 0.4) is 0 Å². The molecule has 2 nitrogen and oxygen atoms in total. The number of rotatable bonds is 2. The highest BCUT2D eigenvalue weighted by Crippen LogP contribution is 2.25. The predicted molar refractivity (Wildman–Crippen MR) is 57.5 cm³/mol. The third-order valence-electron chi connectivity index (χ3n) is 2.04. The highest BCUT2D eigenvalue weighted by atomic mass is 19.4. The minimum Gasteiger partial charge on any atom is -0.461 e. The summed E-state index contributed by atoms with van der Waals surface area (Å²) in [4.78, 5) is 10.6. The maximum atomic E-state index is 11.9. The van der Waals surface area contributed by atoms with Gasteiger partial charge in [-0.25, -0.2) is 0 Å². The Balaban J connectivity index is 2.81. The number of furan rings is 1. The van der Waals surface area contributed by atoms with E-state index in [-0.39, 0.29) is 11.2 Å². The van der Waals surface area contributed by atoms with Crippen LogP contribution in [-0.4, -0.2) is 12.0 Å². The number of alkyl halides is 3. The zero-order valence-corrected chi connectivity index (χ0v) is 9.76. The van der Waals surface area contributed by atoms with Crippen molar-refractivity contribution in [1.29, 1.82) is 0 Å². The average Bonchev–Trinajstić information content (AvgIpc) is 2.59. The van der Waals surface area contributed by atoms with E-state index in [1.807, 2.05) is 20.8 Å². The van der Waals surface area contributed by atoms with Gasteiger partial charge < -0.3 is 4.42 Å². The molecule has 0 aliphatic heterocycles. The third-order valence-corrected chi connectivity index (χ3v) is 2.04. The number of carbonyl (C=O) groups is 1. The lowest BCUT2D eigenvalue weighted by molar-refractivity contribution is -0.165. The lowest BCUT2D eigenvalue weighted by atomic mass is 9.94. The lowest BCUT2D eigenvalue weighted by Gasteiger charge is -2.13. The van der Waals surface area contributed by atoms with Crippen LogP contribution in [0.2, 0.25) is 0 Å². The molecule has 1 rings (SSSR count). The first-order chi connectivity index (χ1) is 7.60. The summed E-state index contributed by atoms with van der Waals surface area (Å²) in [5.74, 6) is -1.02. The Morgan fingerprint density at radius 3 is 2.24 bits per heavy atom. The average molecular weight is 246 g/mol. The zero-order valence-electron chi connectivity index (χ0n) is 9.76. The number of allylic oxidation sites excluding steroid dienone is 1. The third kappa shape index (κ3) is 3.76. The summed E-state index contributed by atoms with van der Waals surface area (Å²) < 4.78 is 41.0. The van der Waals surface area contributed by atoms with E-state index in [1.54, 1.807) is 6.07 Å². The molecule has 0 atom stereocenters. The number of carbonyl (C=O) groups excluding carboxylic acids is 1. The molecule has 0 radical (unpaired) electrons. The Labute approximate surface area is 97.1 Å². The summed E-state index contributed by atoms with van der Waals surface area (Å²) in [6, 6.07) is 3.21. The fourth-order valence-corrected chi connectivity index (χ4v) is 1.10. The Bertz CT molecular complexity index is 433. The second kappa shape index (κ2) is 4.39. The standard InChI is InChI=1S/C12H13F3O2/c1-11(2,3)10-7-5-8(17-10)4-6-9(16)12(13,14)15/h4-7H,1-3H3/b6-4+. The van der Waals surface area contributed by atoms with Gasteiger partial charge in [-0.1, -0.05) is 20.8 Å². The van der Waals surface area contributed by atoms with Crippen LogP contribution in [0.5, 0.6) is 0 Å². The minimum absolute atomic E-state index is 0.222. The van der Waals surface area contributed by atoms with Gasteiger partial charge in [0.25, 0.3) is 5.78 Å². The van der Waals surface area contributed by atoms with E-state index >= 15 is 0 Å². The molecule has 0 saturated carbocycles. The number of halogens is 3. The summed E-state index contributed by atoms with van der Waals surface area (Å²) in [7, 11) is 0. The van der Waals surface area contributed by atoms with E-state index in [9.17, 15) is 18.0 Å². The smallest absolute Gasteiger partial charge is 0.454 e. The molecule has 0 fully saturated rings. The monoisotopic (exact) mass is 246 g/mol. The maximum absolute atomic E-state index is 11.9. The van der Waals surface area contributed by atoms with E-state index < -0.39 is 12.0 Å².